The summed E-state index contributed by atoms with van der Waals surface area (Å²) in [4.78, 5) is 41.2. The first-order valence-corrected chi connectivity index (χ1v) is 8.43. The van der Waals surface area contributed by atoms with Crippen LogP contribution in [0.4, 0.5) is 11.4 Å². The molecule has 0 saturated heterocycles. The van der Waals surface area contributed by atoms with Crippen LogP contribution in [-0.2, 0) is 16.0 Å². The minimum Gasteiger partial charge on any atom is -0.356 e. The van der Waals surface area contributed by atoms with Gasteiger partial charge >= 0.3 is 0 Å². The number of aromatic nitrogens is 1. The summed E-state index contributed by atoms with van der Waals surface area (Å²) in [6.07, 6.45) is 4.14. The number of hydrogen-bond acceptors (Lipinski definition) is 4. The van der Waals surface area contributed by atoms with Gasteiger partial charge in [-0.15, -0.1) is 0 Å². The Kier molecular flexibility index (Phi) is 5.26. The van der Waals surface area contributed by atoms with E-state index in [4.69, 9.17) is 0 Å². The van der Waals surface area contributed by atoms with Crippen LogP contribution in [0, 0.1) is 0 Å². The second-order valence-corrected chi connectivity index (χ2v) is 6.07. The zero-order valence-electron chi connectivity index (χ0n) is 14.5. The van der Waals surface area contributed by atoms with Crippen molar-refractivity contribution >= 4 is 29.1 Å². The topological polar surface area (TPSA) is 91.4 Å². The van der Waals surface area contributed by atoms with Crippen LogP contribution in [0.2, 0.25) is 0 Å². The van der Waals surface area contributed by atoms with E-state index in [1.165, 1.54) is 6.92 Å². The Bertz CT molecular complexity index is 836. The fourth-order valence-corrected chi connectivity index (χ4v) is 2.89. The Hall–Kier alpha value is -3.22. The third kappa shape index (κ3) is 4.05. The fraction of sp³-hybridized carbons (Fsp3) is 0.263. The number of anilines is 2. The zero-order chi connectivity index (χ0) is 18.5. The summed E-state index contributed by atoms with van der Waals surface area (Å²) >= 11 is 0. The van der Waals surface area contributed by atoms with Crippen LogP contribution in [0.5, 0.6) is 0 Å². The highest BCUT2D eigenvalue weighted by molar-refractivity contribution is 6.07. The lowest BCUT2D eigenvalue weighted by molar-refractivity contribution is -0.119. The average molecular weight is 352 g/mol. The van der Waals surface area contributed by atoms with Crippen molar-refractivity contribution in [3.05, 3.63) is 53.9 Å². The third-order valence-corrected chi connectivity index (χ3v) is 4.14. The molecule has 0 unspecified atom stereocenters. The summed E-state index contributed by atoms with van der Waals surface area (Å²) in [6.45, 7) is 2.30. The van der Waals surface area contributed by atoms with Gasteiger partial charge in [0, 0.05) is 50.2 Å². The van der Waals surface area contributed by atoms with Crippen molar-refractivity contribution in [2.75, 3.05) is 23.3 Å². The Labute approximate surface area is 151 Å². The summed E-state index contributed by atoms with van der Waals surface area (Å²) < 4.78 is 0. The van der Waals surface area contributed by atoms with Gasteiger partial charge < -0.3 is 15.5 Å². The molecule has 1 aliphatic heterocycles. The second-order valence-electron chi connectivity index (χ2n) is 6.07. The van der Waals surface area contributed by atoms with Gasteiger partial charge in [-0.3, -0.25) is 19.4 Å². The average Bonchev–Trinajstić information content (AvgIpc) is 3.04. The molecule has 0 fully saturated rings. The standard InChI is InChI=1S/C19H20N4O3/c1-13(24)21-9-6-18(25)22-16-5-4-14-7-10-23(17(14)11-16)19(26)15-3-2-8-20-12-15/h2-5,8,11-12H,6-7,9-10H2,1H3,(H,21,24)(H,22,25). The van der Waals surface area contributed by atoms with Crippen LogP contribution < -0.4 is 15.5 Å². The molecule has 2 aromatic rings. The number of carbonyl (C=O) groups is 3. The van der Waals surface area contributed by atoms with Gasteiger partial charge in [0.2, 0.25) is 11.8 Å². The molecular formula is C19H20N4O3. The Morgan fingerprint density at radius 3 is 2.81 bits per heavy atom. The SMILES string of the molecule is CC(=O)NCCC(=O)Nc1ccc2c(c1)N(C(=O)c1cccnc1)CC2. The molecule has 1 aromatic carbocycles. The van der Waals surface area contributed by atoms with Gasteiger partial charge in [0.1, 0.15) is 0 Å². The Balaban J connectivity index is 1.70. The number of benzene rings is 1. The smallest absolute Gasteiger partial charge is 0.259 e. The van der Waals surface area contributed by atoms with Crippen LogP contribution in [0.15, 0.2) is 42.7 Å². The van der Waals surface area contributed by atoms with E-state index in [0.717, 1.165) is 17.7 Å². The number of fused-ring (bicyclic) bond motifs is 1. The van der Waals surface area contributed by atoms with Gasteiger partial charge in [0.15, 0.2) is 0 Å². The predicted octanol–water partition coefficient (Wildman–Crippen LogP) is 1.75. The summed E-state index contributed by atoms with van der Waals surface area (Å²) in [5.41, 5.74) is 3.03. The second kappa shape index (κ2) is 7.77. The van der Waals surface area contributed by atoms with Crippen LogP contribution in [0.1, 0.15) is 29.3 Å². The Morgan fingerprint density at radius 2 is 2.08 bits per heavy atom. The number of pyridine rings is 1. The highest BCUT2D eigenvalue weighted by Gasteiger charge is 2.26. The summed E-state index contributed by atoms with van der Waals surface area (Å²) in [6, 6.07) is 9.03. The summed E-state index contributed by atoms with van der Waals surface area (Å²) in [5.74, 6) is -0.465. The maximum atomic E-state index is 12.7. The minimum atomic E-state index is -0.193. The highest BCUT2D eigenvalue weighted by atomic mass is 16.2. The normalized spacial score (nSPS) is 12.4. The monoisotopic (exact) mass is 352 g/mol. The van der Waals surface area contributed by atoms with Gasteiger partial charge in [-0.2, -0.15) is 0 Å². The van der Waals surface area contributed by atoms with E-state index < -0.39 is 0 Å². The fourth-order valence-electron chi connectivity index (χ4n) is 2.89. The van der Waals surface area contributed by atoms with Crippen LogP contribution in [0.25, 0.3) is 0 Å². The lowest BCUT2D eigenvalue weighted by Gasteiger charge is -2.18. The van der Waals surface area contributed by atoms with Gasteiger partial charge in [-0.05, 0) is 36.2 Å². The van der Waals surface area contributed by atoms with Crippen LogP contribution in [-0.4, -0.2) is 35.8 Å². The number of carbonyl (C=O) groups excluding carboxylic acids is 3. The number of nitrogens with one attached hydrogen (secondary N) is 2. The summed E-state index contributed by atoms with van der Waals surface area (Å²) in [7, 11) is 0. The van der Waals surface area contributed by atoms with Gasteiger partial charge in [0.05, 0.1) is 5.56 Å². The lowest BCUT2D eigenvalue weighted by Crippen LogP contribution is -2.29. The molecular weight excluding hydrogens is 332 g/mol. The van der Waals surface area contributed by atoms with E-state index in [2.05, 4.69) is 15.6 Å². The predicted molar refractivity (Wildman–Crippen MR) is 98.0 cm³/mol. The van der Waals surface area contributed by atoms with Gasteiger partial charge in [-0.1, -0.05) is 6.07 Å². The molecule has 3 rings (SSSR count). The van der Waals surface area contributed by atoms with E-state index >= 15 is 0 Å². The molecule has 0 spiro atoms. The van der Waals surface area contributed by atoms with Gasteiger partial charge in [0.25, 0.3) is 5.91 Å². The maximum absolute atomic E-state index is 12.7. The number of nitrogens with zero attached hydrogens (tertiary/aromatic N) is 2. The van der Waals surface area contributed by atoms with E-state index in [1.807, 2.05) is 18.2 Å². The van der Waals surface area contributed by atoms with Crippen LogP contribution >= 0.6 is 0 Å². The van der Waals surface area contributed by atoms with Crippen molar-refractivity contribution < 1.29 is 14.4 Å². The molecule has 0 radical (unpaired) electrons. The molecule has 3 amide bonds. The Morgan fingerprint density at radius 1 is 1.23 bits per heavy atom. The van der Waals surface area contributed by atoms with E-state index in [1.54, 1.807) is 29.4 Å². The van der Waals surface area contributed by atoms with Crippen molar-refractivity contribution in [3.8, 4) is 0 Å². The lowest BCUT2D eigenvalue weighted by atomic mass is 10.1. The molecule has 2 N–H and O–H groups in total. The molecule has 0 saturated carbocycles. The molecule has 134 valence electrons. The van der Waals surface area contributed by atoms with Crippen molar-refractivity contribution in [1.82, 2.24) is 10.3 Å². The quantitative estimate of drug-likeness (QED) is 0.858. The first kappa shape index (κ1) is 17.6. The molecule has 1 aromatic heterocycles. The van der Waals surface area contributed by atoms with E-state index in [9.17, 15) is 14.4 Å². The van der Waals surface area contributed by atoms with Crippen molar-refractivity contribution in [1.29, 1.82) is 0 Å². The number of hydrogen-bond donors (Lipinski definition) is 2. The maximum Gasteiger partial charge on any atom is 0.259 e. The van der Waals surface area contributed by atoms with Crippen molar-refractivity contribution in [2.24, 2.45) is 0 Å². The number of rotatable bonds is 5. The zero-order valence-corrected chi connectivity index (χ0v) is 14.5. The number of amides is 3. The first-order valence-electron chi connectivity index (χ1n) is 8.43. The highest BCUT2D eigenvalue weighted by Crippen LogP contribution is 2.32. The van der Waals surface area contributed by atoms with Gasteiger partial charge in [-0.25, -0.2) is 0 Å². The molecule has 7 nitrogen and oxygen atoms in total. The van der Waals surface area contributed by atoms with Crippen molar-refractivity contribution in [2.45, 2.75) is 19.8 Å². The van der Waals surface area contributed by atoms with Crippen LogP contribution in [0.3, 0.4) is 0 Å². The molecule has 26 heavy (non-hydrogen) atoms. The molecule has 2 heterocycles. The van der Waals surface area contributed by atoms with E-state index in [0.29, 0.717) is 17.8 Å². The third-order valence-electron chi connectivity index (χ3n) is 4.14. The molecule has 0 bridgehead atoms. The minimum absolute atomic E-state index is 0.106. The van der Waals surface area contributed by atoms with E-state index in [-0.39, 0.29) is 30.7 Å². The summed E-state index contributed by atoms with van der Waals surface area (Å²) in [5, 5.41) is 5.39. The first-order chi connectivity index (χ1) is 12.5. The molecule has 0 aliphatic carbocycles. The molecule has 7 heteroatoms. The largest absolute Gasteiger partial charge is 0.356 e. The molecule has 0 atom stereocenters. The van der Waals surface area contributed by atoms with Crippen molar-refractivity contribution in [3.63, 3.8) is 0 Å². The molecule has 1 aliphatic rings.